The van der Waals surface area contributed by atoms with Crippen LogP contribution in [-0.4, -0.2) is 27.1 Å². The number of thioether (sulfide) groups is 1. The van der Waals surface area contributed by atoms with E-state index in [9.17, 15) is 14.9 Å². The van der Waals surface area contributed by atoms with Gasteiger partial charge in [0.1, 0.15) is 11.4 Å². The zero-order valence-electron chi connectivity index (χ0n) is 15.4. The zero-order chi connectivity index (χ0) is 20.4. The Morgan fingerprint density at radius 3 is 2.55 bits per heavy atom. The van der Waals surface area contributed by atoms with Crippen LogP contribution in [-0.2, 0) is 0 Å². The molecule has 0 atom stereocenters. The molecule has 0 bridgehead atoms. The average molecular weight is 404 g/mol. The number of aromatic nitrogens is 2. The summed E-state index contributed by atoms with van der Waals surface area (Å²) in [6, 6.07) is 19.4. The summed E-state index contributed by atoms with van der Waals surface area (Å²) in [5.41, 5.74) is 3.04. The number of H-pyrrole nitrogens is 1. The SMILES string of the molecule is CSc1ccc([N+](=O)[O-])c(C(=O)Nc2ccc(-c3nc4ccccc4[nH]3)cc2)c1. The Balaban J connectivity index is 1.57. The van der Waals surface area contributed by atoms with Crippen molar-refractivity contribution in [3.63, 3.8) is 0 Å². The minimum absolute atomic E-state index is 0.0308. The second kappa shape index (κ2) is 7.76. The fourth-order valence-corrected chi connectivity index (χ4v) is 3.42. The number of hydrogen-bond acceptors (Lipinski definition) is 5. The first-order valence-corrected chi connectivity index (χ1v) is 9.96. The van der Waals surface area contributed by atoms with Gasteiger partial charge < -0.3 is 10.3 Å². The van der Waals surface area contributed by atoms with Crippen LogP contribution in [0.15, 0.2) is 71.6 Å². The number of imidazole rings is 1. The lowest BCUT2D eigenvalue weighted by molar-refractivity contribution is -0.385. The topological polar surface area (TPSA) is 101 Å². The number of hydrogen-bond donors (Lipinski definition) is 2. The molecule has 4 aromatic rings. The molecule has 0 spiro atoms. The monoisotopic (exact) mass is 404 g/mol. The van der Waals surface area contributed by atoms with Gasteiger partial charge in [0, 0.05) is 22.2 Å². The summed E-state index contributed by atoms with van der Waals surface area (Å²) in [4.78, 5) is 31.9. The average Bonchev–Trinajstić information content (AvgIpc) is 3.18. The van der Waals surface area contributed by atoms with Gasteiger partial charge in [-0.15, -0.1) is 11.8 Å². The van der Waals surface area contributed by atoms with E-state index < -0.39 is 10.8 Å². The molecule has 0 saturated heterocycles. The molecule has 0 radical (unpaired) electrons. The Morgan fingerprint density at radius 2 is 1.86 bits per heavy atom. The Bertz CT molecular complexity index is 1190. The maximum atomic E-state index is 12.6. The van der Waals surface area contributed by atoms with E-state index in [1.54, 1.807) is 18.2 Å². The third kappa shape index (κ3) is 3.83. The molecule has 0 saturated carbocycles. The first-order chi connectivity index (χ1) is 14.0. The molecule has 0 fully saturated rings. The molecule has 0 aliphatic carbocycles. The summed E-state index contributed by atoms with van der Waals surface area (Å²) in [6.07, 6.45) is 1.85. The van der Waals surface area contributed by atoms with E-state index in [2.05, 4.69) is 15.3 Å². The summed E-state index contributed by atoms with van der Waals surface area (Å²) >= 11 is 1.42. The van der Waals surface area contributed by atoms with E-state index in [0.717, 1.165) is 27.3 Å². The fraction of sp³-hybridized carbons (Fsp3) is 0.0476. The number of para-hydroxylation sites is 2. The Labute approximate surface area is 170 Å². The van der Waals surface area contributed by atoms with Gasteiger partial charge in [0.05, 0.1) is 16.0 Å². The number of nitro benzene ring substituents is 1. The second-order valence-electron chi connectivity index (χ2n) is 6.27. The van der Waals surface area contributed by atoms with Crippen molar-refractivity contribution < 1.29 is 9.72 Å². The van der Waals surface area contributed by atoms with Crippen molar-refractivity contribution >= 4 is 40.1 Å². The van der Waals surface area contributed by atoms with E-state index in [1.165, 1.54) is 23.9 Å². The maximum absolute atomic E-state index is 12.6. The van der Waals surface area contributed by atoms with Gasteiger partial charge in [0.2, 0.25) is 0 Å². The molecule has 0 aliphatic heterocycles. The lowest BCUT2D eigenvalue weighted by Gasteiger charge is -2.08. The number of benzene rings is 3. The van der Waals surface area contributed by atoms with Crippen LogP contribution in [0.25, 0.3) is 22.4 Å². The number of carbonyl (C=O) groups excluding carboxylic acids is 1. The molecule has 2 N–H and O–H groups in total. The van der Waals surface area contributed by atoms with Gasteiger partial charge in [-0.25, -0.2) is 4.98 Å². The number of anilines is 1. The molecule has 7 nitrogen and oxygen atoms in total. The van der Waals surface area contributed by atoms with Gasteiger partial charge in [-0.1, -0.05) is 12.1 Å². The van der Waals surface area contributed by atoms with E-state index in [1.807, 2.05) is 42.7 Å². The van der Waals surface area contributed by atoms with E-state index in [-0.39, 0.29) is 11.3 Å². The van der Waals surface area contributed by atoms with Crippen LogP contribution in [0.5, 0.6) is 0 Å². The van der Waals surface area contributed by atoms with Gasteiger partial charge in [-0.2, -0.15) is 0 Å². The molecule has 144 valence electrons. The van der Waals surface area contributed by atoms with E-state index in [4.69, 9.17) is 0 Å². The number of fused-ring (bicyclic) bond motifs is 1. The molecule has 0 aliphatic rings. The Kier molecular flexibility index (Phi) is 5.01. The summed E-state index contributed by atoms with van der Waals surface area (Å²) < 4.78 is 0. The van der Waals surface area contributed by atoms with Crippen molar-refractivity contribution in [1.29, 1.82) is 0 Å². The predicted octanol–water partition coefficient (Wildman–Crippen LogP) is 5.11. The van der Waals surface area contributed by atoms with Crippen LogP contribution < -0.4 is 5.32 Å². The van der Waals surface area contributed by atoms with Crippen LogP contribution >= 0.6 is 11.8 Å². The van der Waals surface area contributed by atoms with Gasteiger partial charge in [-0.05, 0) is 54.8 Å². The highest BCUT2D eigenvalue weighted by Crippen LogP contribution is 2.26. The third-order valence-corrected chi connectivity index (χ3v) is 5.18. The highest BCUT2D eigenvalue weighted by atomic mass is 32.2. The molecule has 1 heterocycles. The molecule has 4 rings (SSSR count). The number of nitro groups is 1. The number of carbonyl (C=O) groups is 1. The first-order valence-electron chi connectivity index (χ1n) is 8.74. The molecule has 1 amide bonds. The van der Waals surface area contributed by atoms with Crippen LogP contribution in [0.2, 0.25) is 0 Å². The summed E-state index contributed by atoms with van der Waals surface area (Å²) in [7, 11) is 0. The highest BCUT2D eigenvalue weighted by molar-refractivity contribution is 7.98. The Morgan fingerprint density at radius 1 is 1.10 bits per heavy atom. The van der Waals surface area contributed by atoms with Gasteiger partial charge in [0.25, 0.3) is 11.6 Å². The number of amides is 1. The molecule has 3 aromatic carbocycles. The van der Waals surface area contributed by atoms with Crippen LogP contribution in [0.3, 0.4) is 0 Å². The number of nitrogens with zero attached hydrogens (tertiary/aromatic N) is 2. The smallest absolute Gasteiger partial charge is 0.282 e. The summed E-state index contributed by atoms with van der Waals surface area (Å²) in [5.74, 6) is 0.205. The molecule has 29 heavy (non-hydrogen) atoms. The molecule has 0 unspecified atom stereocenters. The fourth-order valence-electron chi connectivity index (χ4n) is 2.98. The third-order valence-electron chi connectivity index (χ3n) is 4.45. The second-order valence-corrected chi connectivity index (χ2v) is 7.15. The molecule has 1 aromatic heterocycles. The van der Waals surface area contributed by atoms with Crippen molar-refractivity contribution in [2.24, 2.45) is 0 Å². The van der Waals surface area contributed by atoms with Crippen LogP contribution in [0.1, 0.15) is 10.4 Å². The van der Waals surface area contributed by atoms with Crippen molar-refractivity contribution in [2.75, 3.05) is 11.6 Å². The van der Waals surface area contributed by atoms with Crippen molar-refractivity contribution in [2.45, 2.75) is 4.90 Å². The van der Waals surface area contributed by atoms with E-state index in [0.29, 0.717) is 5.69 Å². The van der Waals surface area contributed by atoms with Crippen LogP contribution in [0.4, 0.5) is 11.4 Å². The molecule has 8 heteroatoms. The van der Waals surface area contributed by atoms with Gasteiger partial charge in [-0.3, -0.25) is 14.9 Å². The lowest BCUT2D eigenvalue weighted by atomic mass is 10.1. The maximum Gasteiger partial charge on any atom is 0.282 e. The quantitative estimate of drug-likeness (QED) is 0.273. The van der Waals surface area contributed by atoms with E-state index >= 15 is 0 Å². The first kappa shape index (κ1) is 18.7. The zero-order valence-corrected chi connectivity index (χ0v) is 16.2. The number of aromatic amines is 1. The number of nitrogens with one attached hydrogen (secondary N) is 2. The highest BCUT2D eigenvalue weighted by Gasteiger charge is 2.21. The summed E-state index contributed by atoms with van der Waals surface area (Å²) in [6.45, 7) is 0. The van der Waals surface area contributed by atoms with Gasteiger partial charge >= 0.3 is 0 Å². The molecular weight excluding hydrogens is 388 g/mol. The minimum Gasteiger partial charge on any atom is -0.338 e. The predicted molar refractivity (Wildman–Crippen MR) is 114 cm³/mol. The lowest BCUT2D eigenvalue weighted by Crippen LogP contribution is -2.14. The Hall–Kier alpha value is -3.65. The van der Waals surface area contributed by atoms with Crippen molar-refractivity contribution in [3.8, 4) is 11.4 Å². The number of rotatable bonds is 5. The standard InChI is InChI=1S/C21H16N4O3S/c1-29-15-10-11-19(25(27)28)16(12-15)21(26)22-14-8-6-13(7-9-14)20-23-17-4-2-3-5-18(17)24-20/h2-12H,1H3,(H,22,26)(H,23,24). The largest absolute Gasteiger partial charge is 0.338 e. The summed E-state index contributed by atoms with van der Waals surface area (Å²) in [5, 5.41) is 14.0. The van der Waals surface area contributed by atoms with Crippen molar-refractivity contribution in [3.05, 3.63) is 82.4 Å². The van der Waals surface area contributed by atoms with Crippen molar-refractivity contribution in [1.82, 2.24) is 9.97 Å². The van der Waals surface area contributed by atoms with Crippen LogP contribution in [0, 0.1) is 10.1 Å². The normalized spacial score (nSPS) is 10.8. The molecular formula is C21H16N4O3S. The minimum atomic E-state index is -0.552. The van der Waals surface area contributed by atoms with Gasteiger partial charge in [0.15, 0.2) is 0 Å².